The summed E-state index contributed by atoms with van der Waals surface area (Å²) in [4.78, 5) is 0. The smallest absolute Gasteiger partial charge is 0.0589 e. The fourth-order valence-corrected chi connectivity index (χ4v) is 2.98. The van der Waals surface area contributed by atoms with Crippen LogP contribution in [-0.2, 0) is 7.05 Å². The fraction of sp³-hybridized carbons (Fsp3) is 0.500. The molecule has 0 aliphatic rings. The van der Waals surface area contributed by atoms with Crippen LogP contribution in [0, 0.1) is 0 Å². The third-order valence-corrected chi connectivity index (χ3v) is 3.78. The number of aromatic nitrogens is 1. The highest BCUT2D eigenvalue weighted by Crippen LogP contribution is 2.29. The Balaban J connectivity index is 2.41. The molecule has 0 aromatic carbocycles. The van der Waals surface area contributed by atoms with Crippen LogP contribution in [0.2, 0.25) is 0 Å². The highest BCUT2D eigenvalue weighted by atomic mass is 32.1. The Labute approximate surface area is 89.4 Å². The van der Waals surface area contributed by atoms with Crippen molar-refractivity contribution in [2.75, 3.05) is 0 Å². The molecule has 0 bridgehead atoms. The standard InChI is InChI=1S/C12H17NS/c1-4-5-9(2)11-8-12-10(13(11)3)6-7-14-12/h6-9H,4-5H2,1-3H3. The van der Waals surface area contributed by atoms with E-state index in [-0.39, 0.29) is 0 Å². The molecule has 0 aliphatic carbocycles. The van der Waals surface area contributed by atoms with Gasteiger partial charge in [-0.2, -0.15) is 0 Å². The van der Waals surface area contributed by atoms with E-state index in [1.54, 1.807) is 0 Å². The van der Waals surface area contributed by atoms with Crippen molar-refractivity contribution in [2.24, 2.45) is 7.05 Å². The normalized spacial score (nSPS) is 13.6. The summed E-state index contributed by atoms with van der Waals surface area (Å²) in [6.07, 6.45) is 2.55. The summed E-state index contributed by atoms with van der Waals surface area (Å²) < 4.78 is 3.76. The molecular weight excluding hydrogens is 190 g/mol. The number of rotatable bonds is 3. The number of hydrogen-bond donors (Lipinski definition) is 0. The van der Waals surface area contributed by atoms with Crippen molar-refractivity contribution in [2.45, 2.75) is 32.6 Å². The van der Waals surface area contributed by atoms with Gasteiger partial charge in [0.2, 0.25) is 0 Å². The van der Waals surface area contributed by atoms with Crippen LogP contribution >= 0.6 is 11.3 Å². The minimum atomic E-state index is 0.685. The van der Waals surface area contributed by atoms with Gasteiger partial charge in [-0.05, 0) is 29.9 Å². The molecule has 76 valence electrons. The number of hydrogen-bond acceptors (Lipinski definition) is 1. The SMILES string of the molecule is CCCC(C)c1cc2sccc2n1C. The predicted octanol–water partition coefficient (Wildman–Crippen LogP) is 4.14. The largest absolute Gasteiger partial charge is 0.347 e. The zero-order chi connectivity index (χ0) is 10.1. The first kappa shape index (κ1) is 9.78. The van der Waals surface area contributed by atoms with E-state index in [0.717, 1.165) is 0 Å². The van der Waals surface area contributed by atoms with Crippen LogP contribution in [0.5, 0.6) is 0 Å². The van der Waals surface area contributed by atoms with Gasteiger partial charge >= 0.3 is 0 Å². The lowest BCUT2D eigenvalue weighted by molar-refractivity contribution is 0.625. The van der Waals surface area contributed by atoms with Gasteiger partial charge in [0.15, 0.2) is 0 Å². The van der Waals surface area contributed by atoms with Crippen LogP contribution in [0.3, 0.4) is 0 Å². The zero-order valence-corrected chi connectivity index (χ0v) is 9.90. The number of nitrogens with zero attached hydrogens (tertiary/aromatic N) is 1. The van der Waals surface area contributed by atoms with Crippen LogP contribution in [0.1, 0.15) is 38.3 Å². The maximum absolute atomic E-state index is 2.35. The molecule has 0 amide bonds. The van der Waals surface area contributed by atoms with Crippen molar-refractivity contribution in [1.29, 1.82) is 0 Å². The highest BCUT2D eigenvalue weighted by Gasteiger charge is 2.11. The molecule has 0 N–H and O–H groups in total. The van der Waals surface area contributed by atoms with Crippen LogP contribution in [0.4, 0.5) is 0 Å². The zero-order valence-electron chi connectivity index (χ0n) is 9.08. The van der Waals surface area contributed by atoms with Crippen molar-refractivity contribution in [3.63, 3.8) is 0 Å². The Kier molecular flexibility index (Phi) is 2.64. The third-order valence-electron chi connectivity index (χ3n) is 2.93. The first-order valence-corrected chi connectivity index (χ1v) is 6.14. The molecule has 2 heterocycles. The van der Waals surface area contributed by atoms with Gasteiger partial charge in [-0.15, -0.1) is 11.3 Å². The van der Waals surface area contributed by atoms with Gasteiger partial charge in [0, 0.05) is 12.7 Å². The Morgan fingerprint density at radius 2 is 2.29 bits per heavy atom. The lowest BCUT2D eigenvalue weighted by atomic mass is 10.0. The maximum Gasteiger partial charge on any atom is 0.0589 e. The number of thiophene rings is 1. The molecule has 2 rings (SSSR count). The fourth-order valence-electron chi connectivity index (χ4n) is 2.12. The van der Waals surface area contributed by atoms with Gasteiger partial charge in [0.25, 0.3) is 0 Å². The van der Waals surface area contributed by atoms with E-state index >= 15 is 0 Å². The molecule has 2 aromatic rings. The summed E-state index contributed by atoms with van der Waals surface area (Å²) in [6.45, 7) is 4.57. The lowest BCUT2D eigenvalue weighted by Crippen LogP contribution is -2.00. The molecule has 0 radical (unpaired) electrons. The molecule has 0 fully saturated rings. The van der Waals surface area contributed by atoms with Crippen molar-refractivity contribution in [3.05, 3.63) is 23.2 Å². The Morgan fingerprint density at radius 1 is 1.50 bits per heavy atom. The van der Waals surface area contributed by atoms with Gasteiger partial charge in [0.1, 0.15) is 0 Å². The molecule has 0 spiro atoms. The quantitative estimate of drug-likeness (QED) is 0.712. The average Bonchev–Trinajstić information content (AvgIpc) is 2.69. The highest BCUT2D eigenvalue weighted by molar-refractivity contribution is 7.17. The van der Waals surface area contributed by atoms with Gasteiger partial charge < -0.3 is 4.57 Å². The molecule has 0 aliphatic heterocycles. The van der Waals surface area contributed by atoms with E-state index in [9.17, 15) is 0 Å². The Morgan fingerprint density at radius 3 is 2.93 bits per heavy atom. The summed E-state index contributed by atoms with van der Waals surface area (Å²) in [6, 6.07) is 4.56. The Hall–Kier alpha value is -0.760. The molecular formula is C12H17NS. The van der Waals surface area contributed by atoms with Gasteiger partial charge in [0.05, 0.1) is 10.2 Å². The van der Waals surface area contributed by atoms with Crippen LogP contribution < -0.4 is 0 Å². The number of aryl methyl sites for hydroxylation is 1. The second kappa shape index (κ2) is 3.77. The summed E-state index contributed by atoms with van der Waals surface area (Å²) in [7, 11) is 2.18. The monoisotopic (exact) mass is 207 g/mol. The molecule has 2 heteroatoms. The lowest BCUT2D eigenvalue weighted by Gasteiger charge is -2.11. The van der Waals surface area contributed by atoms with Crippen molar-refractivity contribution < 1.29 is 0 Å². The Bertz CT molecular complexity index is 424. The average molecular weight is 207 g/mol. The van der Waals surface area contributed by atoms with Crippen LogP contribution in [0.15, 0.2) is 17.5 Å². The summed E-state index contributed by atoms with van der Waals surface area (Å²) in [5.74, 6) is 0.685. The van der Waals surface area contributed by atoms with E-state index < -0.39 is 0 Å². The van der Waals surface area contributed by atoms with E-state index in [4.69, 9.17) is 0 Å². The maximum atomic E-state index is 2.35. The van der Waals surface area contributed by atoms with Crippen LogP contribution in [0.25, 0.3) is 10.2 Å². The van der Waals surface area contributed by atoms with E-state index in [0.29, 0.717) is 5.92 Å². The van der Waals surface area contributed by atoms with E-state index in [1.807, 2.05) is 11.3 Å². The molecule has 1 nitrogen and oxygen atoms in total. The molecule has 1 unspecified atom stereocenters. The van der Waals surface area contributed by atoms with Crippen molar-refractivity contribution >= 4 is 21.6 Å². The number of fused-ring (bicyclic) bond motifs is 1. The van der Waals surface area contributed by atoms with Gasteiger partial charge in [-0.25, -0.2) is 0 Å². The second-order valence-corrected chi connectivity index (χ2v) is 4.94. The van der Waals surface area contributed by atoms with Crippen LogP contribution in [-0.4, -0.2) is 4.57 Å². The predicted molar refractivity (Wildman–Crippen MR) is 64.1 cm³/mol. The first-order chi connectivity index (χ1) is 6.74. The van der Waals surface area contributed by atoms with Gasteiger partial charge in [-0.1, -0.05) is 20.3 Å². The first-order valence-electron chi connectivity index (χ1n) is 5.26. The molecule has 0 saturated heterocycles. The minimum absolute atomic E-state index is 0.685. The third kappa shape index (κ3) is 1.48. The topological polar surface area (TPSA) is 4.93 Å². The van der Waals surface area contributed by atoms with Crippen molar-refractivity contribution in [3.8, 4) is 0 Å². The van der Waals surface area contributed by atoms with E-state index in [2.05, 4.69) is 43.0 Å². The van der Waals surface area contributed by atoms with Crippen molar-refractivity contribution in [1.82, 2.24) is 4.57 Å². The minimum Gasteiger partial charge on any atom is -0.347 e. The molecule has 1 atom stereocenters. The molecule has 14 heavy (non-hydrogen) atoms. The van der Waals surface area contributed by atoms with E-state index in [1.165, 1.54) is 28.8 Å². The summed E-state index contributed by atoms with van der Waals surface area (Å²) in [5, 5.41) is 2.17. The summed E-state index contributed by atoms with van der Waals surface area (Å²) >= 11 is 1.84. The van der Waals surface area contributed by atoms with Gasteiger partial charge in [-0.3, -0.25) is 0 Å². The molecule has 0 saturated carbocycles. The summed E-state index contributed by atoms with van der Waals surface area (Å²) in [5.41, 5.74) is 2.86. The second-order valence-electron chi connectivity index (χ2n) is 3.99. The molecule has 2 aromatic heterocycles.